The molecule has 0 spiro atoms. The summed E-state index contributed by atoms with van der Waals surface area (Å²) in [5.74, 6) is 0.947. The van der Waals surface area contributed by atoms with Crippen molar-refractivity contribution in [3.05, 3.63) is 78.2 Å². The van der Waals surface area contributed by atoms with E-state index in [1.165, 1.54) is 5.56 Å². The van der Waals surface area contributed by atoms with Gasteiger partial charge in [0.05, 0.1) is 17.8 Å². The summed E-state index contributed by atoms with van der Waals surface area (Å²) < 4.78 is 1.90. The zero-order valence-electron chi connectivity index (χ0n) is 17.7. The predicted molar refractivity (Wildman–Crippen MR) is 122 cm³/mol. The third kappa shape index (κ3) is 4.00. The van der Waals surface area contributed by atoms with Crippen molar-refractivity contribution in [2.45, 2.75) is 33.0 Å². The molecule has 4 rings (SSSR count). The Labute approximate surface area is 176 Å². The maximum absolute atomic E-state index is 9.49. The molecule has 6 nitrogen and oxygen atoms in total. The van der Waals surface area contributed by atoms with Crippen molar-refractivity contribution in [3.8, 4) is 11.1 Å². The van der Waals surface area contributed by atoms with Gasteiger partial charge in [-0.15, -0.1) is 0 Å². The second-order valence-corrected chi connectivity index (χ2v) is 7.73. The number of aromatic nitrogens is 3. The maximum atomic E-state index is 9.49. The van der Waals surface area contributed by atoms with Crippen LogP contribution in [0.2, 0.25) is 0 Å². The van der Waals surface area contributed by atoms with Gasteiger partial charge in [-0.25, -0.2) is 9.50 Å². The number of rotatable bonds is 6. The third-order valence-electron chi connectivity index (χ3n) is 5.44. The molecule has 0 radical (unpaired) electrons. The molecule has 0 amide bonds. The highest BCUT2D eigenvalue weighted by atomic mass is 16.3. The van der Waals surface area contributed by atoms with Crippen molar-refractivity contribution in [3.63, 3.8) is 0 Å². The highest BCUT2D eigenvalue weighted by Crippen LogP contribution is 2.30. The molecule has 30 heavy (non-hydrogen) atoms. The molecule has 4 aromatic rings. The number of fused-ring (bicyclic) bond motifs is 1. The molecule has 154 valence electrons. The van der Waals surface area contributed by atoms with E-state index in [1.54, 1.807) is 6.92 Å². The van der Waals surface area contributed by atoms with Crippen LogP contribution in [0.5, 0.6) is 0 Å². The number of nitrogens with one attached hydrogen (secondary N) is 1. The molecular formula is C24H27N5O. The van der Waals surface area contributed by atoms with E-state index in [0.29, 0.717) is 0 Å². The Morgan fingerprint density at radius 3 is 2.47 bits per heavy atom. The lowest BCUT2D eigenvalue weighted by atomic mass is 10.0. The van der Waals surface area contributed by atoms with Crippen molar-refractivity contribution < 1.29 is 5.11 Å². The van der Waals surface area contributed by atoms with Crippen LogP contribution in [-0.2, 0) is 0 Å². The number of aliphatic hydroxyl groups excluding tert-OH is 1. The summed E-state index contributed by atoms with van der Waals surface area (Å²) in [6.07, 6.45) is 5.21. The number of hydrogen-bond donors (Lipinski definition) is 2. The van der Waals surface area contributed by atoms with Gasteiger partial charge < -0.3 is 15.3 Å². The van der Waals surface area contributed by atoms with Gasteiger partial charge in [-0.3, -0.25) is 0 Å². The Kier molecular flexibility index (Phi) is 5.42. The van der Waals surface area contributed by atoms with Gasteiger partial charge in [0.25, 0.3) is 0 Å². The average Bonchev–Trinajstić information content (AvgIpc) is 3.16. The number of pyridine rings is 2. The molecule has 6 heteroatoms. The Morgan fingerprint density at radius 2 is 1.80 bits per heavy atom. The molecule has 0 aliphatic rings. The molecule has 0 aliphatic carbocycles. The standard InChI is InChI=1S/C24H27N5O/c1-16-5-10-24(25-14-16)28(4)17(2)20-11-12-29-23(13-20)22(15-26-29)19-6-8-21(9-7-19)27-18(3)30/h5-15,17-18,27,30H,1-4H3. The van der Waals surface area contributed by atoms with Gasteiger partial charge in [0.2, 0.25) is 0 Å². The Hall–Kier alpha value is -3.38. The molecule has 0 bridgehead atoms. The lowest BCUT2D eigenvalue weighted by molar-refractivity contribution is 0.224. The van der Waals surface area contributed by atoms with Gasteiger partial charge in [0.15, 0.2) is 0 Å². The summed E-state index contributed by atoms with van der Waals surface area (Å²) in [4.78, 5) is 6.73. The summed E-state index contributed by atoms with van der Waals surface area (Å²) in [5, 5.41) is 17.0. The molecular weight excluding hydrogens is 374 g/mol. The highest BCUT2D eigenvalue weighted by molar-refractivity contribution is 5.81. The summed E-state index contributed by atoms with van der Waals surface area (Å²) in [5.41, 5.74) is 6.44. The van der Waals surface area contributed by atoms with Crippen molar-refractivity contribution in [2.75, 3.05) is 17.3 Å². The van der Waals surface area contributed by atoms with Crippen LogP contribution < -0.4 is 10.2 Å². The molecule has 0 fully saturated rings. The second kappa shape index (κ2) is 8.16. The number of aliphatic hydroxyl groups is 1. The van der Waals surface area contributed by atoms with Crippen LogP contribution in [0.3, 0.4) is 0 Å². The fraction of sp³-hybridized carbons (Fsp3) is 0.250. The van der Waals surface area contributed by atoms with Crippen LogP contribution in [0.25, 0.3) is 16.6 Å². The quantitative estimate of drug-likeness (QED) is 0.460. The van der Waals surface area contributed by atoms with E-state index < -0.39 is 6.23 Å². The minimum atomic E-state index is -0.586. The van der Waals surface area contributed by atoms with Crippen molar-refractivity contribution in [1.82, 2.24) is 14.6 Å². The number of benzene rings is 1. The fourth-order valence-corrected chi connectivity index (χ4v) is 3.56. The van der Waals surface area contributed by atoms with Gasteiger partial charge >= 0.3 is 0 Å². The molecule has 2 atom stereocenters. The van der Waals surface area contributed by atoms with Crippen molar-refractivity contribution in [1.29, 1.82) is 0 Å². The van der Waals surface area contributed by atoms with E-state index in [-0.39, 0.29) is 6.04 Å². The maximum Gasteiger partial charge on any atom is 0.128 e. The van der Waals surface area contributed by atoms with Gasteiger partial charge in [-0.05, 0) is 67.8 Å². The minimum Gasteiger partial charge on any atom is -0.374 e. The first-order chi connectivity index (χ1) is 14.4. The first-order valence-corrected chi connectivity index (χ1v) is 10.1. The SMILES string of the molecule is Cc1ccc(N(C)C(C)c2ccn3ncc(-c4ccc(NC(C)O)cc4)c3c2)nc1. The average molecular weight is 402 g/mol. The number of aryl methyl sites for hydroxylation is 1. The van der Waals surface area contributed by atoms with Gasteiger partial charge in [0, 0.05) is 30.7 Å². The van der Waals surface area contributed by atoms with Crippen LogP contribution in [0.4, 0.5) is 11.5 Å². The van der Waals surface area contributed by atoms with Crippen LogP contribution in [-0.4, -0.2) is 33.0 Å². The minimum absolute atomic E-state index is 0.158. The van der Waals surface area contributed by atoms with E-state index >= 15 is 0 Å². The van der Waals surface area contributed by atoms with Crippen LogP contribution in [0.15, 0.2) is 67.1 Å². The van der Waals surface area contributed by atoms with E-state index in [4.69, 9.17) is 0 Å². The van der Waals surface area contributed by atoms with E-state index in [9.17, 15) is 5.11 Å². The monoisotopic (exact) mass is 401 g/mol. The van der Waals surface area contributed by atoms with Crippen molar-refractivity contribution >= 4 is 17.0 Å². The third-order valence-corrected chi connectivity index (χ3v) is 5.44. The van der Waals surface area contributed by atoms with Gasteiger partial charge in [-0.1, -0.05) is 18.2 Å². The Balaban J connectivity index is 1.64. The van der Waals surface area contributed by atoms with Gasteiger partial charge in [0.1, 0.15) is 12.0 Å². The highest BCUT2D eigenvalue weighted by Gasteiger charge is 2.16. The van der Waals surface area contributed by atoms with E-state index in [2.05, 4.69) is 58.5 Å². The molecule has 2 N–H and O–H groups in total. The first kappa shape index (κ1) is 19.9. The molecule has 0 saturated carbocycles. The number of anilines is 2. The van der Waals surface area contributed by atoms with Crippen LogP contribution >= 0.6 is 0 Å². The van der Waals surface area contributed by atoms with E-state index in [0.717, 1.165) is 33.7 Å². The van der Waals surface area contributed by atoms with Crippen molar-refractivity contribution in [2.24, 2.45) is 0 Å². The van der Waals surface area contributed by atoms with Crippen LogP contribution in [0, 0.1) is 6.92 Å². The Bertz CT molecular complexity index is 1130. The first-order valence-electron chi connectivity index (χ1n) is 10.1. The molecule has 0 aliphatic heterocycles. The normalized spacial score (nSPS) is 13.2. The summed E-state index contributed by atoms with van der Waals surface area (Å²) in [6, 6.07) is 16.6. The Morgan fingerprint density at radius 1 is 1.03 bits per heavy atom. The lowest BCUT2D eigenvalue weighted by Crippen LogP contribution is -2.22. The molecule has 2 unspecified atom stereocenters. The summed E-state index contributed by atoms with van der Waals surface area (Å²) in [6.45, 7) is 5.92. The molecule has 3 heterocycles. The lowest BCUT2D eigenvalue weighted by Gasteiger charge is -2.26. The van der Waals surface area contributed by atoms with E-state index in [1.807, 2.05) is 54.3 Å². The fourth-order valence-electron chi connectivity index (χ4n) is 3.56. The number of hydrogen-bond acceptors (Lipinski definition) is 5. The predicted octanol–water partition coefficient (Wildman–Crippen LogP) is 4.65. The topological polar surface area (TPSA) is 65.7 Å². The van der Waals surface area contributed by atoms with Gasteiger partial charge in [-0.2, -0.15) is 5.10 Å². The zero-order valence-corrected chi connectivity index (χ0v) is 17.7. The largest absolute Gasteiger partial charge is 0.374 e. The summed E-state index contributed by atoms with van der Waals surface area (Å²) in [7, 11) is 2.07. The van der Waals surface area contributed by atoms with Crippen LogP contribution in [0.1, 0.15) is 31.0 Å². The second-order valence-electron chi connectivity index (χ2n) is 7.73. The molecule has 1 aromatic carbocycles. The molecule has 0 saturated heterocycles. The zero-order chi connectivity index (χ0) is 21.3. The summed E-state index contributed by atoms with van der Waals surface area (Å²) >= 11 is 0. The smallest absolute Gasteiger partial charge is 0.128 e. The number of nitrogens with zero attached hydrogens (tertiary/aromatic N) is 4. The molecule has 3 aromatic heterocycles.